The van der Waals surface area contributed by atoms with E-state index in [4.69, 9.17) is 9.47 Å². The van der Waals surface area contributed by atoms with E-state index in [-0.39, 0.29) is 5.91 Å². The monoisotopic (exact) mass is 394 g/mol. The standard InChI is InChI=1S/C22H26N4O3/c1-14-23-6-9-25(14)12-20(27)26-11-17(16-2-3-18-19(10-16)29-13-28-18)22-21(26)15-4-7-24(22)8-5-15/h2-3,6,9-10,15,17,21-22H,4-5,7-8,11-13H2,1H3/t17-,21+,22+/m1/s1. The normalized spacial score (nSPS) is 31.9. The Hall–Kier alpha value is -2.54. The summed E-state index contributed by atoms with van der Waals surface area (Å²) in [5, 5.41) is 0. The maximum atomic E-state index is 13.4. The Balaban J connectivity index is 1.33. The lowest BCUT2D eigenvalue weighted by Gasteiger charge is -2.51. The minimum Gasteiger partial charge on any atom is -0.454 e. The molecule has 6 heterocycles. The number of fused-ring (bicyclic) bond motifs is 3. The number of likely N-dealkylation sites (tertiary alicyclic amines) is 1. The van der Waals surface area contributed by atoms with Crippen LogP contribution in [-0.2, 0) is 11.3 Å². The molecule has 0 radical (unpaired) electrons. The molecule has 7 nitrogen and oxygen atoms in total. The van der Waals surface area contributed by atoms with Crippen molar-refractivity contribution in [3.63, 3.8) is 0 Å². The molecule has 0 spiro atoms. The van der Waals surface area contributed by atoms with Gasteiger partial charge >= 0.3 is 0 Å². The van der Waals surface area contributed by atoms with Crippen LogP contribution in [0.4, 0.5) is 0 Å². The van der Waals surface area contributed by atoms with Crippen molar-refractivity contribution in [3.05, 3.63) is 42.0 Å². The van der Waals surface area contributed by atoms with Crippen LogP contribution >= 0.6 is 0 Å². The van der Waals surface area contributed by atoms with Crippen LogP contribution < -0.4 is 9.47 Å². The first-order valence-corrected chi connectivity index (χ1v) is 10.6. The van der Waals surface area contributed by atoms with Crippen LogP contribution in [0.5, 0.6) is 11.5 Å². The van der Waals surface area contributed by atoms with Crippen LogP contribution in [0.2, 0.25) is 0 Å². The van der Waals surface area contributed by atoms with Gasteiger partial charge in [-0.05, 0) is 56.5 Å². The van der Waals surface area contributed by atoms with E-state index in [1.54, 1.807) is 6.20 Å². The summed E-state index contributed by atoms with van der Waals surface area (Å²) in [5.41, 5.74) is 1.26. The number of amides is 1. The zero-order chi connectivity index (χ0) is 19.5. The Morgan fingerprint density at radius 1 is 1.17 bits per heavy atom. The maximum Gasteiger partial charge on any atom is 0.242 e. The van der Waals surface area contributed by atoms with Gasteiger partial charge in [0, 0.05) is 30.9 Å². The highest BCUT2D eigenvalue weighted by molar-refractivity contribution is 5.77. The molecule has 1 aromatic heterocycles. The number of nitrogens with zero attached hydrogens (tertiary/aromatic N) is 4. The lowest BCUT2D eigenvalue weighted by atomic mass is 9.75. The van der Waals surface area contributed by atoms with Crippen LogP contribution in [0.25, 0.3) is 0 Å². The van der Waals surface area contributed by atoms with Crippen molar-refractivity contribution < 1.29 is 14.3 Å². The molecular formula is C22H26N4O3. The van der Waals surface area contributed by atoms with E-state index in [1.807, 2.05) is 23.8 Å². The minimum atomic E-state index is 0.207. The number of rotatable bonds is 3. The Morgan fingerprint density at radius 3 is 2.79 bits per heavy atom. The van der Waals surface area contributed by atoms with Gasteiger partial charge in [0.2, 0.25) is 12.7 Å². The van der Waals surface area contributed by atoms with Gasteiger partial charge in [-0.1, -0.05) is 6.07 Å². The molecule has 4 fully saturated rings. The summed E-state index contributed by atoms with van der Waals surface area (Å²) >= 11 is 0. The fourth-order valence-electron chi connectivity index (χ4n) is 5.95. The van der Waals surface area contributed by atoms with Crippen molar-refractivity contribution in [1.82, 2.24) is 19.4 Å². The molecule has 0 aliphatic carbocycles. The second-order valence-electron chi connectivity index (χ2n) is 8.72. The molecule has 1 amide bonds. The zero-order valence-electron chi connectivity index (χ0n) is 16.7. The molecule has 4 saturated heterocycles. The number of carbonyl (C=O) groups excluding carboxylic acids is 1. The number of aromatic nitrogens is 2. The Bertz CT molecular complexity index is 949. The lowest BCUT2D eigenvalue weighted by molar-refractivity contribution is -0.136. The average Bonchev–Trinajstić information content (AvgIpc) is 3.47. The molecule has 3 atom stereocenters. The number of hydrogen-bond acceptors (Lipinski definition) is 5. The highest BCUT2D eigenvalue weighted by Crippen LogP contribution is 2.48. The predicted octanol–water partition coefficient (Wildman–Crippen LogP) is 2.01. The molecule has 152 valence electrons. The summed E-state index contributed by atoms with van der Waals surface area (Å²) in [6, 6.07) is 7.01. The van der Waals surface area contributed by atoms with Crippen molar-refractivity contribution in [2.45, 2.75) is 44.3 Å². The number of carbonyl (C=O) groups is 1. The van der Waals surface area contributed by atoms with Gasteiger partial charge in [-0.3, -0.25) is 9.69 Å². The van der Waals surface area contributed by atoms with Crippen LogP contribution in [0.15, 0.2) is 30.6 Å². The number of imidazole rings is 1. The van der Waals surface area contributed by atoms with Crippen molar-refractivity contribution in [2.75, 3.05) is 26.4 Å². The van der Waals surface area contributed by atoms with Crippen molar-refractivity contribution in [1.29, 1.82) is 0 Å². The van der Waals surface area contributed by atoms with E-state index >= 15 is 0 Å². The van der Waals surface area contributed by atoms with E-state index in [9.17, 15) is 4.79 Å². The predicted molar refractivity (Wildman–Crippen MR) is 106 cm³/mol. The van der Waals surface area contributed by atoms with Gasteiger partial charge in [-0.2, -0.15) is 0 Å². The number of ether oxygens (including phenoxy) is 2. The smallest absolute Gasteiger partial charge is 0.242 e. The molecule has 7 heteroatoms. The van der Waals surface area contributed by atoms with E-state index in [0.29, 0.717) is 37.3 Å². The topological polar surface area (TPSA) is 59.8 Å². The van der Waals surface area contributed by atoms with Gasteiger partial charge < -0.3 is 18.9 Å². The van der Waals surface area contributed by atoms with E-state index < -0.39 is 0 Å². The van der Waals surface area contributed by atoms with Gasteiger partial charge in [0.25, 0.3) is 0 Å². The van der Waals surface area contributed by atoms with Crippen LogP contribution in [0, 0.1) is 12.8 Å². The largest absolute Gasteiger partial charge is 0.454 e. The quantitative estimate of drug-likeness (QED) is 0.797. The van der Waals surface area contributed by atoms with Gasteiger partial charge in [0.05, 0.1) is 6.04 Å². The fourth-order valence-corrected chi connectivity index (χ4v) is 5.95. The number of aryl methyl sites for hydroxylation is 1. The Labute approximate surface area is 170 Å². The number of benzene rings is 1. The maximum absolute atomic E-state index is 13.4. The summed E-state index contributed by atoms with van der Waals surface area (Å²) in [5.74, 6) is 3.65. The molecule has 5 aliphatic rings. The fraction of sp³-hybridized carbons (Fsp3) is 0.545. The van der Waals surface area contributed by atoms with Crippen molar-refractivity contribution in [3.8, 4) is 11.5 Å². The average molecular weight is 394 g/mol. The summed E-state index contributed by atoms with van der Waals surface area (Å²) in [7, 11) is 0. The Kier molecular flexibility index (Phi) is 3.88. The van der Waals surface area contributed by atoms with E-state index in [2.05, 4.69) is 26.9 Å². The first-order chi connectivity index (χ1) is 14.2. The molecule has 0 saturated carbocycles. The first-order valence-electron chi connectivity index (χ1n) is 10.6. The molecule has 0 N–H and O–H groups in total. The third-order valence-electron chi connectivity index (χ3n) is 7.37. The van der Waals surface area contributed by atoms with E-state index in [0.717, 1.165) is 37.0 Å². The molecule has 29 heavy (non-hydrogen) atoms. The molecule has 2 bridgehead atoms. The van der Waals surface area contributed by atoms with Crippen LogP contribution in [-0.4, -0.2) is 63.8 Å². The molecule has 1 aromatic carbocycles. The second kappa shape index (κ2) is 6.49. The van der Waals surface area contributed by atoms with Gasteiger partial charge in [-0.25, -0.2) is 4.98 Å². The zero-order valence-corrected chi connectivity index (χ0v) is 16.7. The highest BCUT2D eigenvalue weighted by Gasteiger charge is 2.54. The third kappa shape index (κ3) is 2.67. The van der Waals surface area contributed by atoms with Gasteiger partial charge in [0.1, 0.15) is 12.4 Å². The van der Waals surface area contributed by atoms with Gasteiger partial charge in [0.15, 0.2) is 11.5 Å². The Morgan fingerprint density at radius 2 is 2.00 bits per heavy atom. The highest BCUT2D eigenvalue weighted by atomic mass is 16.7. The number of hydrogen-bond donors (Lipinski definition) is 0. The molecule has 7 rings (SSSR count). The SMILES string of the molecule is Cc1nccn1CC(=O)N1C[C@H](c2ccc3c(c2)OCO3)[C@H]2[C@@H]1C1CCN2CC1. The van der Waals surface area contributed by atoms with Gasteiger partial charge in [-0.15, -0.1) is 0 Å². The summed E-state index contributed by atoms with van der Waals surface area (Å²) < 4.78 is 13.1. The summed E-state index contributed by atoms with van der Waals surface area (Å²) in [4.78, 5) is 22.4. The van der Waals surface area contributed by atoms with Crippen molar-refractivity contribution >= 4 is 5.91 Å². The first kappa shape index (κ1) is 17.3. The summed E-state index contributed by atoms with van der Waals surface area (Å²) in [6.45, 7) is 5.68. The molecule has 5 aliphatic heterocycles. The molecule has 2 aromatic rings. The minimum absolute atomic E-state index is 0.207. The van der Waals surface area contributed by atoms with Crippen molar-refractivity contribution in [2.24, 2.45) is 5.92 Å². The second-order valence-corrected chi connectivity index (χ2v) is 8.72. The summed E-state index contributed by atoms with van der Waals surface area (Å²) in [6.07, 6.45) is 6.05. The van der Waals surface area contributed by atoms with Crippen LogP contribution in [0.3, 0.4) is 0 Å². The van der Waals surface area contributed by atoms with Crippen LogP contribution in [0.1, 0.15) is 30.1 Å². The number of piperidine rings is 3. The molecular weight excluding hydrogens is 368 g/mol. The third-order valence-corrected chi connectivity index (χ3v) is 7.37. The van der Waals surface area contributed by atoms with E-state index in [1.165, 1.54) is 18.4 Å². The molecule has 0 unspecified atom stereocenters. The lowest BCUT2D eigenvalue weighted by Crippen LogP contribution is -2.61.